The predicted molar refractivity (Wildman–Crippen MR) is 65.8 cm³/mol. The van der Waals surface area contributed by atoms with Crippen molar-refractivity contribution in [2.24, 2.45) is 0 Å². The molecule has 2 N–H and O–H groups in total. The summed E-state index contributed by atoms with van der Waals surface area (Å²) in [6.07, 6.45) is 1.34. The van der Waals surface area contributed by atoms with E-state index in [9.17, 15) is 14.0 Å². The molecule has 18 heavy (non-hydrogen) atoms. The number of rotatable bonds is 3. The number of halogens is 1. The zero-order valence-electron chi connectivity index (χ0n) is 9.44. The molecule has 1 amide bonds. The Bertz CT molecular complexity index is 602. The van der Waals surface area contributed by atoms with Gasteiger partial charge in [-0.3, -0.25) is 9.59 Å². The summed E-state index contributed by atoms with van der Waals surface area (Å²) in [4.78, 5) is 24.9. The lowest BCUT2D eigenvalue weighted by atomic mass is 10.1. The highest BCUT2D eigenvalue weighted by atomic mass is 19.1. The van der Waals surface area contributed by atoms with Gasteiger partial charge in [-0.15, -0.1) is 0 Å². The topological polar surface area (TPSA) is 62.0 Å². The normalized spacial score (nSPS) is 10.1. The number of benzene rings is 1. The van der Waals surface area contributed by atoms with Crippen LogP contribution in [0.3, 0.4) is 0 Å². The molecule has 2 rings (SSSR count). The molecule has 0 saturated carbocycles. The fourth-order valence-corrected chi connectivity index (χ4v) is 1.51. The van der Waals surface area contributed by atoms with Crippen LogP contribution in [0.5, 0.6) is 0 Å². The third-order valence-corrected chi connectivity index (χ3v) is 2.38. The van der Waals surface area contributed by atoms with E-state index in [1.54, 1.807) is 18.2 Å². The van der Waals surface area contributed by atoms with E-state index in [1.807, 2.05) is 0 Å². The van der Waals surface area contributed by atoms with Crippen LogP contribution in [0.2, 0.25) is 0 Å². The smallest absolute Gasteiger partial charge is 0.248 e. The summed E-state index contributed by atoms with van der Waals surface area (Å²) in [6, 6.07) is 8.89. The van der Waals surface area contributed by atoms with E-state index < -0.39 is 5.82 Å². The maximum atomic E-state index is 13.3. The number of carbonyl (C=O) groups is 1. The zero-order chi connectivity index (χ0) is 13.0. The first-order valence-corrected chi connectivity index (χ1v) is 5.37. The molecule has 1 aromatic heterocycles. The van der Waals surface area contributed by atoms with E-state index in [0.717, 1.165) is 0 Å². The molecular weight excluding hydrogens is 235 g/mol. The summed E-state index contributed by atoms with van der Waals surface area (Å²) < 4.78 is 13.3. The Hall–Kier alpha value is -2.43. The molecule has 1 heterocycles. The Morgan fingerprint density at radius 3 is 2.67 bits per heavy atom. The van der Waals surface area contributed by atoms with Crippen LogP contribution in [0.4, 0.5) is 10.1 Å². The summed E-state index contributed by atoms with van der Waals surface area (Å²) in [5.74, 6) is -0.749. The Balaban J connectivity index is 2.03. The number of H-pyrrole nitrogens is 1. The molecule has 92 valence electrons. The highest BCUT2D eigenvalue weighted by molar-refractivity contribution is 5.92. The second-order valence-electron chi connectivity index (χ2n) is 3.76. The molecule has 0 fully saturated rings. The maximum Gasteiger partial charge on any atom is 0.248 e. The minimum absolute atomic E-state index is 0.0498. The van der Waals surface area contributed by atoms with Crippen molar-refractivity contribution in [3.63, 3.8) is 0 Å². The van der Waals surface area contributed by atoms with Crippen LogP contribution in [-0.4, -0.2) is 10.9 Å². The molecule has 0 saturated heterocycles. The minimum atomic E-state index is -0.408. The van der Waals surface area contributed by atoms with Gasteiger partial charge >= 0.3 is 0 Å². The monoisotopic (exact) mass is 246 g/mol. The van der Waals surface area contributed by atoms with Gasteiger partial charge in [0.25, 0.3) is 0 Å². The van der Waals surface area contributed by atoms with Gasteiger partial charge < -0.3 is 10.3 Å². The van der Waals surface area contributed by atoms with E-state index in [1.165, 1.54) is 24.4 Å². The SMILES string of the molecule is O=C(Cc1ccccc1F)Nc1ccc(=O)[nH]c1. The van der Waals surface area contributed by atoms with Crippen molar-refractivity contribution in [1.29, 1.82) is 0 Å². The number of anilines is 1. The number of nitrogens with one attached hydrogen (secondary N) is 2. The van der Waals surface area contributed by atoms with Gasteiger partial charge in [0, 0.05) is 12.3 Å². The van der Waals surface area contributed by atoms with E-state index in [2.05, 4.69) is 10.3 Å². The second-order valence-corrected chi connectivity index (χ2v) is 3.76. The van der Waals surface area contributed by atoms with E-state index >= 15 is 0 Å². The molecule has 0 aliphatic carbocycles. The Labute approximate surface area is 102 Å². The van der Waals surface area contributed by atoms with Gasteiger partial charge in [-0.25, -0.2) is 4.39 Å². The van der Waals surface area contributed by atoms with Gasteiger partial charge in [0.05, 0.1) is 12.1 Å². The second kappa shape index (κ2) is 5.27. The number of pyridine rings is 1. The van der Waals surface area contributed by atoms with Crippen molar-refractivity contribution >= 4 is 11.6 Å². The van der Waals surface area contributed by atoms with Crippen LogP contribution in [0.25, 0.3) is 0 Å². The molecule has 1 aromatic carbocycles. The third-order valence-electron chi connectivity index (χ3n) is 2.38. The number of hydrogen-bond donors (Lipinski definition) is 2. The molecule has 4 nitrogen and oxygen atoms in total. The van der Waals surface area contributed by atoms with Crippen LogP contribution in [0.1, 0.15) is 5.56 Å². The minimum Gasteiger partial charge on any atom is -0.327 e. The summed E-state index contributed by atoms with van der Waals surface area (Å²) in [7, 11) is 0. The molecule has 2 aromatic rings. The van der Waals surface area contributed by atoms with E-state index in [4.69, 9.17) is 0 Å². The predicted octanol–water partition coefficient (Wildman–Crippen LogP) is 1.70. The van der Waals surface area contributed by atoms with Crippen molar-refractivity contribution in [1.82, 2.24) is 4.98 Å². The van der Waals surface area contributed by atoms with Crippen molar-refractivity contribution in [3.8, 4) is 0 Å². The lowest BCUT2D eigenvalue weighted by Gasteiger charge is -2.05. The largest absolute Gasteiger partial charge is 0.327 e. The fraction of sp³-hybridized carbons (Fsp3) is 0.0769. The molecular formula is C13H11FN2O2. The molecule has 0 aliphatic heterocycles. The molecule has 0 bridgehead atoms. The van der Waals surface area contributed by atoms with Crippen molar-refractivity contribution in [2.45, 2.75) is 6.42 Å². The molecule has 0 atom stereocenters. The van der Waals surface area contributed by atoms with Crippen molar-refractivity contribution < 1.29 is 9.18 Å². The number of aromatic amines is 1. The van der Waals surface area contributed by atoms with Crippen LogP contribution in [0, 0.1) is 5.82 Å². The van der Waals surface area contributed by atoms with Crippen molar-refractivity contribution in [3.05, 3.63) is 64.3 Å². The Morgan fingerprint density at radius 1 is 1.22 bits per heavy atom. The van der Waals surface area contributed by atoms with Crippen LogP contribution in [-0.2, 0) is 11.2 Å². The summed E-state index contributed by atoms with van der Waals surface area (Å²) >= 11 is 0. The number of hydrogen-bond acceptors (Lipinski definition) is 2. The van der Waals surface area contributed by atoms with Gasteiger partial charge in [0.15, 0.2) is 0 Å². The van der Waals surface area contributed by atoms with Crippen LogP contribution < -0.4 is 10.9 Å². The highest BCUT2D eigenvalue weighted by Crippen LogP contribution is 2.08. The number of aromatic nitrogens is 1. The average molecular weight is 246 g/mol. The summed E-state index contributed by atoms with van der Waals surface area (Å²) in [5, 5.41) is 2.57. The Kier molecular flexibility index (Phi) is 3.52. The van der Waals surface area contributed by atoms with Gasteiger partial charge in [-0.05, 0) is 17.7 Å². The van der Waals surface area contributed by atoms with Crippen molar-refractivity contribution in [2.75, 3.05) is 5.32 Å². The molecule has 0 aliphatic rings. The fourth-order valence-electron chi connectivity index (χ4n) is 1.51. The quantitative estimate of drug-likeness (QED) is 0.865. The summed E-state index contributed by atoms with van der Waals surface area (Å²) in [5.41, 5.74) is 0.553. The first-order chi connectivity index (χ1) is 8.65. The number of amides is 1. The molecule has 0 unspecified atom stereocenters. The third kappa shape index (κ3) is 3.04. The zero-order valence-corrected chi connectivity index (χ0v) is 9.44. The molecule has 0 spiro atoms. The van der Waals surface area contributed by atoms with Crippen LogP contribution in [0.15, 0.2) is 47.4 Å². The first-order valence-electron chi connectivity index (χ1n) is 5.37. The van der Waals surface area contributed by atoms with Gasteiger partial charge in [-0.2, -0.15) is 0 Å². The van der Waals surface area contributed by atoms with Gasteiger partial charge in [0.2, 0.25) is 11.5 Å². The molecule has 5 heteroatoms. The maximum absolute atomic E-state index is 13.3. The average Bonchev–Trinajstić information content (AvgIpc) is 2.35. The van der Waals surface area contributed by atoms with Gasteiger partial charge in [-0.1, -0.05) is 18.2 Å². The van der Waals surface area contributed by atoms with Crippen LogP contribution >= 0.6 is 0 Å². The lowest BCUT2D eigenvalue weighted by Crippen LogP contribution is -2.16. The molecule has 0 radical (unpaired) electrons. The highest BCUT2D eigenvalue weighted by Gasteiger charge is 2.07. The standard InChI is InChI=1S/C13H11FN2O2/c14-11-4-2-1-3-9(11)7-13(18)16-10-5-6-12(17)15-8-10/h1-6,8H,7H2,(H,15,17)(H,16,18). The van der Waals surface area contributed by atoms with E-state index in [-0.39, 0.29) is 17.9 Å². The first kappa shape index (κ1) is 12.0. The van der Waals surface area contributed by atoms with E-state index in [0.29, 0.717) is 11.3 Å². The number of carbonyl (C=O) groups excluding carboxylic acids is 1. The Morgan fingerprint density at radius 2 is 2.00 bits per heavy atom. The van der Waals surface area contributed by atoms with Gasteiger partial charge in [0.1, 0.15) is 5.82 Å². The lowest BCUT2D eigenvalue weighted by molar-refractivity contribution is -0.115. The summed E-state index contributed by atoms with van der Waals surface area (Å²) in [6.45, 7) is 0.